The Bertz CT molecular complexity index is 330. The molecule has 0 amide bonds. The van der Waals surface area contributed by atoms with Crippen molar-refractivity contribution < 1.29 is 5.11 Å². The SMILES string of the molecule is CCC(O)C#Cc1cccc(C)c1. The molecule has 1 N–H and O–H groups in total. The van der Waals surface area contributed by atoms with Crippen molar-refractivity contribution in [2.75, 3.05) is 0 Å². The second-order valence-electron chi connectivity index (χ2n) is 3.06. The fourth-order valence-corrected chi connectivity index (χ4v) is 0.992. The molecule has 1 rings (SSSR count). The zero-order chi connectivity index (χ0) is 9.68. The van der Waals surface area contributed by atoms with Crippen LogP contribution in [0.15, 0.2) is 24.3 Å². The summed E-state index contributed by atoms with van der Waals surface area (Å²) in [7, 11) is 0. The Morgan fingerprint density at radius 1 is 1.46 bits per heavy atom. The first-order valence-electron chi connectivity index (χ1n) is 4.48. The number of aryl methyl sites for hydroxylation is 1. The van der Waals surface area contributed by atoms with Gasteiger partial charge in [-0.1, -0.05) is 30.9 Å². The van der Waals surface area contributed by atoms with Crippen LogP contribution in [0.25, 0.3) is 0 Å². The molecule has 1 nitrogen and oxygen atoms in total. The second kappa shape index (κ2) is 4.69. The van der Waals surface area contributed by atoms with Gasteiger partial charge in [-0.2, -0.15) is 0 Å². The predicted octanol–water partition coefficient (Wildman–Crippen LogP) is 2.12. The van der Waals surface area contributed by atoms with Crippen molar-refractivity contribution in [1.29, 1.82) is 0 Å². The number of aliphatic hydroxyl groups excluding tert-OH is 1. The summed E-state index contributed by atoms with van der Waals surface area (Å²) in [5, 5.41) is 9.21. The summed E-state index contributed by atoms with van der Waals surface area (Å²) in [6.45, 7) is 3.94. The topological polar surface area (TPSA) is 20.2 Å². The zero-order valence-corrected chi connectivity index (χ0v) is 8.04. The van der Waals surface area contributed by atoms with E-state index in [1.54, 1.807) is 0 Å². The smallest absolute Gasteiger partial charge is 0.114 e. The van der Waals surface area contributed by atoms with Gasteiger partial charge in [0.15, 0.2) is 0 Å². The van der Waals surface area contributed by atoms with E-state index in [1.807, 2.05) is 38.1 Å². The molecule has 0 fully saturated rings. The van der Waals surface area contributed by atoms with Gasteiger partial charge in [-0.3, -0.25) is 0 Å². The molecule has 1 aromatic rings. The molecule has 1 atom stereocenters. The monoisotopic (exact) mass is 174 g/mol. The largest absolute Gasteiger partial charge is 0.380 e. The van der Waals surface area contributed by atoms with E-state index in [1.165, 1.54) is 5.56 Å². The van der Waals surface area contributed by atoms with Crippen LogP contribution in [0.1, 0.15) is 24.5 Å². The molecule has 0 spiro atoms. The summed E-state index contributed by atoms with van der Waals surface area (Å²) in [5.41, 5.74) is 2.16. The molecule has 0 aromatic heterocycles. The van der Waals surface area contributed by atoms with Gasteiger partial charge in [0.05, 0.1) is 0 Å². The normalized spacial score (nSPS) is 11.6. The Morgan fingerprint density at radius 2 is 2.23 bits per heavy atom. The molecule has 0 saturated heterocycles. The standard InChI is InChI=1S/C12H14O/c1-3-12(13)8-7-11-6-4-5-10(2)9-11/h4-6,9,12-13H,3H2,1-2H3. The van der Waals surface area contributed by atoms with Crippen molar-refractivity contribution in [2.24, 2.45) is 0 Å². The number of benzene rings is 1. The lowest BCUT2D eigenvalue weighted by Gasteiger charge is -1.95. The molecule has 1 aromatic carbocycles. The molecule has 1 unspecified atom stereocenters. The van der Waals surface area contributed by atoms with Crippen molar-refractivity contribution >= 4 is 0 Å². The number of hydrogen-bond acceptors (Lipinski definition) is 1. The minimum atomic E-state index is -0.500. The van der Waals surface area contributed by atoms with Gasteiger partial charge >= 0.3 is 0 Å². The zero-order valence-electron chi connectivity index (χ0n) is 8.04. The maximum atomic E-state index is 9.21. The van der Waals surface area contributed by atoms with Crippen LogP contribution >= 0.6 is 0 Å². The van der Waals surface area contributed by atoms with Gasteiger partial charge in [-0.25, -0.2) is 0 Å². The van der Waals surface area contributed by atoms with Gasteiger partial charge in [0.1, 0.15) is 6.10 Å². The lowest BCUT2D eigenvalue weighted by Crippen LogP contribution is -1.98. The number of aliphatic hydroxyl groups is 1. The Hall–Kier alpha value is -1.26. The van der Waals surface area contributed by atoms with Crippen LogP contribution in [-0.2, 0) is 0 Å². The fraction of sp³-hybridized carbons (Fsp3) is 0.333. The van der Waals surface area contributed by atoms with Crippen molar-refractivity contribution in [3.8, 4) is 11.8 Å². The lowest BCUT2D eigenvalue weighted by molar-refractivity contribution is 0.228. The summed E-state index contributed by atoms with van der Waals surface area (Å²) in [6.07, 6.45) is 0.180. The van der Waals surface area contributed by atoms with Crippen LogP contribution in [0.2, 0.25) is 0 Å². The molecule has 0 saturated carbocycles. The van der Waals surface area contributed by atoms with E-state index < -0.39 is 6.10 Å². The van der Waals surface area contributed by atoms with Gasteiger partial charge in [0.25, 0.3) is 0 Å². The van der Waals surface area contributed by atoms with E-state index in [0.717, 1.165) is 5.56 Å². The van der Waals surface area contributed by atoms with Crippen molar-refractivity contribution in [3.63, 3.8) is 0 Å². The third kappa shape index (κ3) is 3.31. The van der Waals surface area contributed by atoms with Crippen LogP contribution < -0.4 is 0 Å². The molecule has 1 heteroatoms. The Labute approximate surface area is 79.4 Å². The molecular weight excluding hydrogens is 160 g/mol. The molecule has 0 heterocycles. The average molecular weight is 174 g/mol. The fourth-order valence-electron chi connectivity index (χ4n) is 0.992. The molecule has 0 bridgehead atoms. The first kappa shape index (κ1) is 9.83. The van der Waals surface area contributed by atoms with E-state index in [-0.39, 0.29) is 0 Å². The third-order valence-corrected chi connectivity index (χ3v) is 1.79. The first-order chi connectivity index (χ1) is 6.22. The summed E-state index contributed by atoms with van der Waals surface area (Å²) in [4.78, 5) is 0. The molecule has 0 aliphatic carbocycles. The third-order valence-electron chi connectivity index (χ3n) is 1.79. The lowest BCUT2D eigenvalue weighted by atomic mass is 10.1. The summed E-state index contributed by atoms with van der Waals surface area (Å²) < 4.78 is 0. The Morgan fingerprint density at radius 3 is 2.85 bits per heavy atom. The van der Waals surface area contributed by atoms with E-state index in [4.69, 9.17) is 0 Å². The highest BCUT2D eigenvalue weighted by atomic mass is 16.3. The Kier molecular flexibility index (Phi) is 3.54. The molecular formula is C12H14O. The molecule has 0 aliphatic rings. The minimum Gasteiger partial charge on any atom is -0.380 e. The maximum absolute atomic E-state index is 9.21. The van der Waals surface area contributed by atoms with Crippen molar-refractivity contribution in [1.82, 2.24) is 0 Å². The van der Waals surface area contributed by atoms with Crippen LogP contribution in [0.5, 0.6) is 0 Å². The number of hydrogen-bond donors (Lipinski definition) is 1. The van der Waals surface area contributed by atoms with E-state index in [2.05, 4.69) is 11.8 Å². The van der Waals surface area contributed by atoms with Crippen LogP contribution in [-0.4, -0.2) is 11.2 Å². The first-order valence-corrected chi connectivity index (χ1v) is 4.48. The van der Waals surface area contributed by atoms with Crippen LogP contribution in [0.3, 0.4) is 0 Å². The van der Waals surface area contributed by atoms with Crippen molar-refractivity contribution in [2.45, 2.75) is 26.4 Å². The minimum absolute atomic E-state index is 0.500. The van der Waals surface area contributed by atoms with Crippen LogP contribution in [0, 0.1) is 18.8 Å². The summed E-state index contributed by atoms with van der Waals surface area (Å²) >= 11 is 0. The van der Waals surface area contributed by atoms with Gasteiger partial charge < -0.3 is 5.11 Å². The van der Waals surface area contributed by atoms with E-state index in [0.29, 0.717) is 6.42 Å². The average Bonchev–Trinajstić information content (AvgIpc) is 2.14. The highest BCUT2D eigenvalue weighted by molar-refractivity contribution is 5.37. The molecule has 0 radical (unpaired) electrons. The second-order valence-corrected chi connectivity index (χ2v) is 3.06. The highest BCUT2D eigenvalue weighted by Crippen LogP contribution is 2.01. The maximum Gasteiger partial charge on any atom is 0.114 e. The van der Waals surface area contributed by atoms with Gasteiger partial charge in [-0.15, -0.1) is 0 Å². The van der Waals surface area contributed by atoms with Gasteiger partial charge in [0.2, 0.25) is 0 Å². The quantitative estimate of drug-likeness (QED) is 0.646. The van der Waals surface area contributed by atoms with Crippen LogP contribution in [0.4, 0.5) is 0 Å². The number of rotatable bonds is 1. The highest BCUT2D eigenvalue weighted by Gasteiger charge is 1.91. The predicted molar refractivity (Wildman–Crippen MR) is 54.4 cm³/mol. The van der Waals surface area contributed by atoms with E-state index in [9.17, 15) is 5.11 Å². The molecule has 68 valence electrons. The molecule has 13 heavy (non-hydrogen) atoms. The van der Waals surface area contributed by atoms with Crippen molar-refractivity contribution in [3.05, 3.63) is 35.4 Å². The van der Waals surface area contributed by atoms with Gasteiger partial charge in [0, 0.05) is 5.56 Å². The summed E-state index contributed by atoms with van der Waals surface area (Å²) in [5.74, 6) is 5.72. The van der Waals surface area contributed by atoms with Gasteiger partial charge in [-0.05, 0) is 31.0 Å². The Balaban J connectivity index is 2.77. The van der Waals surface area contributed by atoms with E-state index >= 15 is 0 Å². The molecule has 0 aliphatic heterocycles. The summed E-state index contributed by atoms with van der Waals surface area (Å²) in [6, 6.07) is 7.96.